The van der Waals surface area contributed by atoms with Gasteiger partial charge in [-0.15, -0.1) is 0 Å². The molecule has 2 heterocycles. The highest BCUT2D eigenvalue weighted by atomic mass is 79.9. The highest BCUT2D eigenvalue weighted by molar-refractivity contribution is 9.10. The van der Waals surface area contributed by atoms with Crippen LogP contribution in [-0.2, 0) is 4.79 Å². The Morgan fingerprint density at radius 2 is 1.88 bits per heavy atom. The van der Waals surface area contributed by atoms with E-state index < -0.39 is 0 Å². The number of amides is 1. The summed E-state index contributed by atoms with van der Waals surface area (Å²) in [4.78, 5) is 17.4. The Bertz CT molecular complexity index is 962. The molecule has 0 bridgehead atoms. The molecule has 7 heteroatoms. The van der Waals surface area contributed by atoms with E-state index in [0.29, 0.717) is 15.8 Å². The maximum atomic E-state index is 12.3. The number of aliphatic imine (C=N–C) groups is 1. The van der Waals surface area contributed by atoms with Crippen molar-refractivity contribution in [2.24, 2.45) is 4.99 Å². The molecule has 0 aliphatic carbocycles. The van der Waals surface area contributed by atoms with Crippen LogP contribution < -0.4 is 14.8 Å². The van der Waals surface area contributed by atoms with Crippen LogP contribution in [0.1, 0.15) is 16.7 Å². The van der Waals surface area contributed by atoms with Crippen molar-refractivity contribution in [3.8, 4) is 11.5 Å². The zero-order chi connectivity index (χ0) is 18.3. The molecule has 2 aliphatic heterocycles. The molecule has 4 rings (SSSR count). The molecule has 2 aliphatic rings. The summed E-state index contributed by atoms with van der Waals surface area (Å²) in [5, 5.41) is 3.39. The quantitative estimate of drug-likeness (QED) is 0.702. The van der Waals surface area contributed by atoms with Crippen LogP contribution >= 0.6 is 27.7 Å². The fourth-order valence-corrected chi connectivity index (χ4v) is 3.81. The summed E-state index contributed by atoms with van der Waals surface area (Å²) in [5.41, 5.74) is 3.91. The van der Waals surface area contributed by atoms with E-state index in [2.05, 4.69) is 26.2 Å². The van der Waals surface area contributed by atoms with Gasteiger partial charge in [0.25, 0.3) is 5.91 Å². The van der Waals surface area contributed by atoms with Gasteiger partial charge in [-0.1, -0.05) is 22.0 Å². The molecule has 0 unspecified atom stereocenters. The first-order valence-corrected chi connectivity index (χ1v) is 9.56. The molecule has 0 radical (unpaired) electrons. The summed E-state index contributed by atoms with van der Waals surface area (Å²) < 4.78 is 11.8. The van der Waals surface area contributed by atoms with Crippen molar-refractivity contribution < 1.29 is 14.3 Å². The number of ether oxygens (including phenoxy) is 2. The Balaban J connectivity index is 1.59. The van der Waals surface area contributed by atoms with Gasteiger partial charge in [-0.2, -0.15) is 0 Å². The van der Waals surface area contributed by atoms with Crippen LogP contribution in [0.15, 0.2) is 44.7 Å². The molecule has 132 valence electrons. The second-order valence-electron chi connectivity index (χ2n) is 5.99. The first kappa shape index (κ1) is 17.2. The molecule has 2 aromatic rings. The van der Waals surface area contributed by atoms with E-state index in [4.69, 9.17) is 9.47 Å². The lowest BCUT2D eigenvalue weighted by Gasteiger charge is -2.04. The Morgan fingerprint density at radius 3 is 2.65 bits per heavy atom. The van der Waals surface area contributed by atoms with Gasteiger partial charge in [-0.25, -0.2) is 4.99 Å². The SMILES string of the molecule is Cc1cc(N=C2NC(=O)/C(=C/c3ccc4c(c3)OCO4)S2)cc(C)c1Br. The topological polar surface area (TPSA) is 59.9 Å². The van der Waals surface area contributed by atoms with Gasteiger partial charge < -0.3 is 14.8 Å². The summed E-state index contributed by atoms with van der Waals surface area (Å²) in [7, 11) is 0. The van der Waals surface area contributed by atoms with Gasteiger partial charge in [0, 0.05) is 4.47 Å². The predicted molar refractivity (Wildman–Crippen MR) is 107 cm³/mol. The maximum Gasteiger partial charge on any atom is 0.264 e. The fourth-order valence-electron chi connectivity index (χ4n) is 2.74. The van der Waals surface area contributed by atoms with Crippen LogP contribution in [0.25, 0.3) is 6.08 Å². The van der Waals surface area contributed by atoms with Crippen molar-refractivity contribution in [2.45, 2.75) is 13.8 Å². The lowest BCUT2D eigenvalue weighted by molar-refractivity contribution is -0.115. The number of hydrogen-bond donors (Lipinski definition) is 1. The van der Waals surface area contributed by atoms with Gasteiger partial charge in [0.2, 0.25) is 6.79 Å². The minimum atomic E-state index is -0.156. The lowest BCUT2D eigenvalue weighted by Crippen LogP contribution is -2.19. The van der Waals surface area contributed by atoms with Crippen LogP contribution in [0.5, 0.6) is 11.5 Å². The molecule has 1 amide bonds. The van der Waals surface area contributed by atoms with Crippen LogP contribution in [0.2, 0.25) is 0 Å². The summed E-state index contributed by atoms with van der Waals surface area (Å²) in [6, 6.07) is 9.56. The van der Waals surface area contributed by atoms with Gasteiger partial charge in [0.15, 0.2) is 16.7 Å². The molecule has 0 atom stereocenters. The second kappa shape index (κ2) is 6.81. The number of carbonyl (C=O) groups is 1. The second-order valence-corrected chi connectivity index (χ2v) is 7.81. The first-order chi connectivity index (χ1) is 12.5. The molecule has 26 heavy (non-hydrogen) atoms. The van der Waals surface area contributed by atoms with E-state index in [1.54, 1.807) is 0 Å². The third-order valence-corrected chi connectivity index (χ3v) is 6.16. The molecule has 0 aromatic heterocycles. The minimum Gasteiger partial charge on any atom is -0.454 e. The molecule has 5 nitrogen and oxygen atoms in total. The lowest BCUT2D eigenvalue weighted by atomic mass is 10.1. The minimum absolute atomic E-state index is 0.156. The van der Waals surface area contributed by atoms with E-state index in [0.717, 1.165) is 32.6 Å². The smallest absolute Gasteiger partial charge is 0.264 e. The van der Waals surface area contributed by atoms with Crippen molar-refractivity contribution in [2.75, 3.05) is 6.79 Å². The van der Waals surface area contributed by atoms with Crippen molar-refractivity contribution in [3.63, 3.8) is 0 Å². The van der Waals surface area contributed by atoms with Gasteiger partial charge in [-0.3, -0.25) is 4.79 Å². The molecule has 1 saturated heterocycles. The average molecular weight is 431 g/mol. The van der Waals surface area contributed by atoms with Crippen LogP contribution in [0, 0.1) is 13.8 Å². The van der Waals surface area contributed by atoms with Gasteiger partial charge in [-0.05, 0) is 72.6 Å². The number of halogens is 1. The maximum absolute atomic E-state index is 12.3. The summed E-state index contributed by atoms with van der Waals surface area (Å²) in [6.07, 6.45) is 1.82. The monoisotopic (exact) mass is 430 g/mol. The molecule has 0 spiro atoms. The number of benzene rings is 2. The Morgan fingerprint density at radius 1 is 1.15 bits per heavy atom. The first-order valence-electron chi connectivity index (χ1n) is 7.95. The van der Waals surface area contributed by atoms with Crippen molar-refractivity contribution in [1.82, 2.24) is 5.32 Å². The predicted octanol–water partition coefficient (Wildman–Crippen LogP) is 4.69. The third-order valence-electron chi connectivity index (χ3n) is 4.00. The zero-order valence-corrected chi connectivity index (χ0v) is 16.5. The number of rotatable bonds is 2. The van der Waals surface area contributed by atoms with Crippen LogP contribution in [0.4, 0.5) is 5.69 Å². The number of hydrogen-bond acceptors (Lipinski definition) is 5. The standard InChI is InChI=1S/C19H15BrN2O3S/c1-10-5-13(6-11(2)17(10)20)21-19-22-18(23)16(26-19)8-12-3-4-14-15(7-12)25-9-24-14/h3-8H,9H2,1-2H3,(H,21,22,23)/b16-8-. The number of aryl methyl sites for hydroxylation is 2. The normalized spacial score (nSPS) is 18.7. The van der Waals surface area contributed by atoms with Crippen LogP contribution in [0.3, 0.4) is 0 Å². The highest BCUT2D eigenvalue weighted by Gasteiger charge is 2.24. The van der Waals surface area contributed by atoms with E-state index in [1.807, 2.05) is 50.3 Å². The number of carbonyl (C=O) groups excluding carboxylic acids is 1. The van der Waals surface area contributed by atoms with E-state index >= 15 is 0 Å². The fraction of sp³-hybridized carbons (Fsp3) is 0.158. The Kier molecular flexibility index (Phi) is 4.50. The number of nitrogens with zero attached hydrogens (tertiary/aromatic N) is 1. The molecule has 1 N–H and O–H groups in total. The molecule has 2 aromatic carbocycles. The highest BCUT2D eigenvalue weighted by Crippen LogP contribution is 2.35. The van der Waals surface area contributed by atoms with E-state index in [9.17, 15) is 4.79 Å². The average Bonchev–Trinajstić information content (AvgIpc) is 3.19. The molecule has 1 fully saturated rings. The molecular weight excluding hydrogens is 416 g/mol. The van der Waals surface area contributed by atoms with Crippen molar-refractivity contribution >= 4 is 50.5 Å². The summed E-state index contributed by atoms with van der Waals surface area (Å²) >= 11 is 4.88. The number of amidine groups is 1. The van der Waals surface area contributed by atoms with E-state index in [1.165, 1.54) is 11.8 Å². The number of nitrogens with one attached hydrogen (secondary N) is 1. The molecule has 0 saturated carbocycles. The van der Waals surface area contributed by atoms with E-state index in [-0.39, 0.29) is 12.7 Å². The molecular formula is C19H15BrN2O3S. The number of thioether (sulfide) groups is 1. The van der Waals surface area contributed by atoms with Gasteiger partial charge in [0.05, 0.1) is 10.6 Å². The van der Waals surface area contributed by atoms with Crippen molar-refractivity contribution in [1.29, 1.82) is 0 Å². The van der Waals surface area contributed by atoms with Gasteiger partial charge >= 0.3 is 0 Å². The Hall–Kier alpha value is -2.25. The van der Waals surface area contributed by atoms with Gasteiger partial charge in [0.1, 0.15) is 0 Å². The van der Waals surface area contributed by atoms with Crippen LogP contribution in [-0.4, -0.2) is 17.9 Å². The summed E-state index contributed by atoms with van der Waals surface area (Å²) in [6.45, 7) is 4.27. The third kappa shape index (κ3) is 3.37. The Labute approximate surface area is 163 Å². The zero-order valence-electron chi connectivity index (χ0n) is 14.1. The summed E-state index contributed by atoms with van der Waals surface area (Å²) in [5.74, 6) is 1.26. The number of fused-ring (bicyclic) bond motifs is 1. The largest absolute Gasteiger partial charge is 0.454 e. The van der Waals surface area contributed by atoms with Crippen molar-refractivity contribution in [3.05, 3.63) is 56.4 Å².